The van der Waals surface area contributed by atoms with E-state index in [1.807, 2.05) is 24.3 Å². The Hall–Kier alpha value is -2.24. The summed E-state index contributed by atoms with van der Waals surface area (Å²) in [5, 5.41) is 3.42. The van der Waals surface area contributed by atoms with Crippen LogP contribution < -0.4 is 10.1 Å². The third-order valence-corrected chi connectivity index (χ3v) is 5.15. The first-order valence-corrected chi connectivity index (χ1v) is 8.89. The lowest BCUT2D eigenvalue weighted by Crippen LogP contribution is -2.28. The van der Waals surface area contributed by atoms with Gasteiger partial charge in [-0.15, -0.1) is 0 Å². The summed E-state index contributed by atoms with van der Waals surface area (Å²) < 4.78 is 5.13. The fraction of sp³-hybridized carbons (Fsp3) is 0.263. The average Bonchev–Trinajstić information content (AvgIpc) is 3.00. The van der Waals surface area contributed by atoms with E-state index in [2.05, 4.69) is 5.32 Å². The molecule has 1 atom stereocenters. The number of hydrogen-bond acceptors (Lipinski definition) is 3. The van der Waals surface area contributed by atoms with Gasteiger partial charge in [0, 0.05) is 19.5 Å². The molecule has 2 aromatic carbocycles. The van der Waals surface area contributed by atoms with E-state index < -0.39 is 5.92 Å². The highest BCUT2D eigenvalue weighted by Crippen LogP contribution is 2.30. The van der Waals surface area contributed by atoms with Crippen LogP contribution in [0.5, 0.6) is 5.75 Å². The van der Waals surface area contributed by atoms with E-state index in [-0.39, 0.29) is 18.2 Å². The Morgan fingerprint density at radius 2 is 1.96 bits per heavy atom. The summed E-state index contributed by atoms with van der Waals surface area (Å²) in [4.78, 5) is 26.4. The number of nitrogens with one attached hydrogen (secondary N) is 1. The van der Waals surface area contributed by atoms with Gasteiger partial charge in [0.25, 0.3) is 0 Å². The van der Waals surface area contributed by atoms with Crippen molar-refractivity contribution in [1.82, 2.24) is 4.90 Å². The second-order valence-corrected chi connectivity index (χ2v) is 6.90. The molecule has 5 nitrogen and oxygen atoms in total. The third kappa shape index (κ3) is 4.11. The summed E-state index contributed by atoms with van der Waals surface area (Å²) in [6, 6.07) is 12.5. The Bertz CT molecular complexity index is 824. The van der Waals surface area contributed by atoms with Crippen molar-refractivity contribution in [2.24, 2.45) is 5.92 Å². The molecule has 1 unspecified atom stereocenters. The molecule has 0 aliphatic carbocycles. The van der Waals surface area contributed by atoms with Crippen molar-refractivity contribution >= 4 is 40.7 Å². The Morgan fingerprint density at radius 1 is 1.23 bits per heavy atom. The van der Waals surface area contributed by atoms with E-state index in [1.54, 1.807) is 30.2 Å². The molecule has 1 fully saturated rings. The molecule has 0 aromatic heterocycles. The molecule has 2 aromatic rings. The predicted molar refractivity (Wildman–Crippen MR) is 102 cm³/mol. The predicted octanol–water partition coefficient (Wildman–Crippen LogP) is 3.99. The number of rotatable bonds is 5. The van der Waals surface area contributed by atoms with E-state index in [0.717, 1.165) is 11.3 Å². The van der Waals surface area contributed by atoms with Crippen molar-refractivity contribution in [3.63, 3.8) is 0 Å². The summed E-state index contributed by atoms with van der Waals surface area (Å²) in [5.41, 5.74) is 1.43. The van der Waals surface area contributed by atoms with Crippen LogP contribution in [0.3, 0.4) is 0 Å². The van der Waals surface area contributed by atoms with Crippen molar-refractivity contribution < 1.29 is 14.3 Å². The summed E-state index contributed by atoms with van der Waals surface area (Å²) in [6.45, 7) is 0.833. The Labute approximate surface area is 161 Å². The smallest absolute Gasteiger partial charge is 0.229 e. The Morgan fingerprint density at radius 3 is 2.65 bits per heavy atom. The molecule has 1 saturated heterocycles. The Kier molecular flexibility index (Phi) is 5.69. The molecular weight excluding hydrogens is 375 g/mol. The monoisotopic (exact) mass is 392 g/mol. The quantitative estimate of drug-likeness (QED) is 0.836. The highest BCUT2D eigenvalue weighted by atomic mass is 35.5. The number of carbonyl (C=O) groups excluding carboxylic acids is 2. The van der Waals surface area contributed by atoms with Crippen LogP contribution in [0.25, 0.3) is 0 Å². The number of hydrogen-bond donors (Lipinski definition) is 1. The van der Waals surface area contributed by atoms with Gasteiger partial charge in [-0.1, -0.05) is 41.4 Å². The van der Waals surface area contributed by atoms with E-state index in [1.165, 1.54) is 0 Å². The first-order chi connectivity index (χ1) is 12.5. The second-order valence-electron chi connectivity index (χ2n) is 6.11. The highest BCUT2D eigenvalue weighted by molar-refractivity contribution is 6.44. The SMILES string of the molecule is COc1ccc(CN2CC(C(=O)Nc3cccc(Cl)c3Cl)CC2=O)cc1. The lowest BCUT2D eigenvalue weighted by atomic mass is 10.1. The molecule has 1 N–H and O–H groups in total. The van der Waals surface area contributed by atoms with Crippen LogP contribution in [0.2, 0.25) is 10.0 Å². The zero-order valence-corrected chi connectivity index (χ0v) is 15.7. The second kappa shape index (κ2) is 7.98. The lowest BCUT2D eigenvalue weighted by Gasteiger charge is -2.17. The minimum Gasteiger partial charge on any atom is -0.497 e. The van der Waals surface area contributed by atoms with Crippen LogP contribution >= 0.6 is 23.2 Å². The van der Waals surface area contributed by atoms with E-state index >= 15 is 0 Å². The van der Waals surface area contributed by atoms with Crippen molar-refractivity contribution in [1.29, 1.82) is 0 Å². The van der Waals surface area contributed by atoms with Gasteiger partial charge in [0.15, 0.2) is 0 Å². The number of halogens is 2. The lowest BCUT2D eigenvalue weighted by molar-refractivity contribution is -0.128. The van der Waals surface area contributed by atoms with Crippen LogP contribution in [0, 0.1) is 5.92 Å². The average molecular weight is 393 g/mol. The zero-order chi connectivity index (χ0) is 18.7. The van der Waals surface area contributed by atoms with Crippen molar-refractivity contribution in [2.75, 3.05) is 19.0 Å². The number of anilines is 1. The number of nitrogens with zero attached hydrogens (tertiary/aromatic N) is 1. The fourth-order valence-corrected chi connectivity index (χ4v) is 3.23. The minimum atomic E-state index is -0.421. The standard InChI is InChI=1S/C19H18Cl2N2O3/c1-26-14-7-5-12(6-8-14)10-23-11-13(9-17(23)24)19(25)22-16-4-2-3-15(20)18(16)21/h2-8,13H,9-11H2,1H3,(H,22,25). The molecule has 26 heavy (non-hydrogen) atoms. The number of likely N-dealkylation sites (tertiary alicyclic amines) is 1. The molecule has 7 heteroatoms. The number of ether oxygens (including phenoxy) is 1. The summed E-state index contributed by atoms with van der Waals surface area (Å²) in [6.07, 6.45) is 0.181. The first kappa shape index (κ1) is 18.5. The molecule has 0 radical (unpaired) electrons. The van der Waals surface area contributed by atoms with Gasteiger partial charge in [0.2, 0.25) is 11.8 Å². The van der Waals surface area contributed by atoms with Gasteiger partial charge in [0.1, 0.15) is 5.75 Å². The van der Waals surface area contributed by atoms with Crippen LogP contribution in [0.15, 0.2) is 42.5 Å². The zero-order valence-electron chi connectivity index (χ0n) is 14.2. The molecule has 3 rings (SSSR count). The summed E-state index contributed by atoms with van der Waals surface area (Å²) in [7, 11) is 1.61. The van der Waals surface area contributed by atoms with Gasteiger partial charge < -0.3 is 15.0 Å². The molecule has 2 amide bonds. The van der Waals surface area contributed by atoms with Crippen molar-refractivity contribution in [3.05, 3.63) is 58.1 Å². The molecule has 0 bridgehead atoms. The van der Waals surface area contributed by atoms with Crippen LogP contribution in [0.1, 0.15) is 12.0 Å². The minimum absolute atomic E-state index is 0.0434. The van der Waals surface area contributed by atoms with Gasteiger partial charge in [0.05, 0.1) is 28.8 Å². The van der Waals surface area contributed by atoms with E-state index in [0.29, 0.717) is 28.8 Å². The summed E-state index contributed by atoms with van der Waals surface area (Å²) >= 11 is 12.1. The van der Waals surface area contributed by atoms with Crippen LogP contribution in [0.4, 0.5) is 5.69 Å². The van der Waals surface area contributed by atoms with Crippen molar-refractivity contribution in [2.45, 2.75) is 13.0 Å². The summed E-state index contributed by atoms with van der Waals surface area (Å²) in [5.74, 6) is 0.0610. The van der Waals surface area contributed by atoms with Crippen molar-refractivity contribution in [3.8, 4) is 5.75 Å². The molecule has 136 valence electrons. The number of methoxy groups -OCH3 is 1. The number of benzene rings is 2. The molecular formula is C19H18Cl2N2O3. The van der Waals surface area contributed by atoms with Gasteiger partial charge in [-0.05, 0) is 29.8 Å². The van der Waals surface area contributed by atoms with E-state index in [9.17, 15) is 9.59 Å². The van der Waals surface area contributed by atoms with Gasteiger partial charge in [-0.2, -0.15) is 0 Å². The molecule has 0 spiro atoms. The van der Waals surface area contributed by atoms with Gasteiger partial charge in [-0.3, -0.25) is 9.59 Å². The first-order valence-electron chi connectivity index (χ1n) is 8.13. The largest absolute Gasteiger partial charge is 0.497 e. The maximum Gasteiger partial charge on any atom is 0.229 e. The van der Waals surface area contributed by atoms with Crippen LogP contribution in [-0.4, -0.2) is 30.4 Å². The normalized spacial score (nSPS) is 16.7. The maximum atomic E-state index is 12.5. The maximum absolute atomic E-state index is 12.5. The Balaban J connectivity index is 1.63. The fourth-order valence-electron chi connectivity index (χ4n) is 2.89. The molecule has 0 saturated carbocycles. The van der Waals surface area contributed by atoms with E-state index in [4.69, 9.17) is 27.9 Å². The molecule has 1 heterocycles. The van der Waals surface area contributed by atoms with Crippen LogP contribution in [-0.2, 0) is 16.1 Å². The van der Waals surface area contributed by atoms with Gasteiger partial charge >= 0.3 is 0 Å². The molecule has 1 aliphatic heterocycles. The number of amides is 2. The number of carbonyl (C=O) groups is 2. The van der Waals surface area contributed by atoms with Gasteiger partial charge in [-0.25, -0.2) is 0 Å². The molecule has 1 aliphatic rings. The topological polar surface area (TPSA) is 58.6 Å². The highest BCUT2D eigenvalue weighted by Gasteiger charge is 2.34. The third-order valence-electron chi connectivity index (χ3n) is 4.33.